The minimum absolute atomic E-state index is 0.0536. The van der Waals surface area contributed by atoms with Gasteiger partial charge in [-0.05, 0) is 13.0 Å². The summed E-state index contributed by atoms with van der Waals surface area (Å²) in [5, 5.41) is 2.85. The molecule has 0 saturated heterocycles. The fraction of sp³-hybridized carbons (Fsp3) is 0.500. The molecule has 1 aliphatic rings. The molecule has 0 bridgehead atoms. The van der Waals surface area contributed by atoms with E-state index in [4.69, 9.17) is 15.2 Å². The summed E-state index contributed by atoms with van der Waals surface area (Å²) in [5.41, 5.74) is 6.52. The van der Waals surface area contributed by atoms with Crippen LogP contribution in [0.25, 0.3) is 0 Å². The van der Waals surface area contributed by atoms with Crippen LogP contribution in [-0.4, -0.2) is 25.2 Å². The monoisotopic (exact) mass is 264 g/mol. The summed E-state index contributed by atoms with van der Waals surface area (Å²) in [6.45, 7) is 3.54. The summed E-state index contributed by atoms with van der Waals surface area (Å²) >= 11 is 0. The largest absolute Gasteiger partial charge is 0.490 e. The fourth-order valence-corrected chi connectivity index (χ4v) is 1.95. The second-order valence-corrected chi connectivity index (χ2v) is 4.75. The van der Waals surface area contributed by atoms with Gasteiger partial charge in [0.15, 0.2) is 11.5 Å². The first-order valence-corrected chi connectivity index (χ1v) is 6.56. The number of carbonyl (C=O) groups excluding carboxylic acids is 1. The van der Waals surface area contributed by atoms with Gasteiger partial charge in [-0.15, -0.1) is 0 Å². The molecule has 5 heteroatoms. The van der Waals surface area contributed by atoms with Crippen molar-refractivity contribution in [1.29, 1.82) is 0 Å². The van der Waals surface area contributed by atoms with Gasteiger partial charge in [0.1, 0.15) is 0 Å². The Balaban J connectivity index is 2.02. The zero-order valence-corrected chi connectivity index (χ0v) is 11.1. The quantitative estimate of drug-likeness (QED) is 0.857. The van der Waals surface area contributed by atoms with E-state index in [1.165, 1.54) is 0 Å². The lowest BCUT2D eigenvalue weighted by Crippen LogP contribution is -2.29. The number of hydrogen-bond donors (Lipinski definition) is 2. The van der Waals surface area contributed by atoms with Crippen LogP contribution in [0.5, 0.6) is 11.5 Å². The van der Waals surface area contributed by atoms with E-state index in [-0.39, 0.29) is 11.9 Å². The van der Waals surface area contributed by atoms with E-state index in [1.807, 2.05) is 25.1 Å². The third-order valence-electron chi connectivity index (χ3n) is 2.84. The van der Waals surface area contributed by atoms with E-state index in [9.17, 15) is 4.79 Å². The van der Waals surface area contributed by atoms with E-state index in [0.29, 0.717) is 26.2 Å². The molecular formula is C14H20N2O3. The number of para-hydroxylation sites is 1. The van der Waals surface area contributed by atoms with Crippen molar-refractivity contribution < 1.29 is 14.3 Å². The van der Waals surface area contributed by atoms with Crippen molar-refractivity contribution in [2.75, 3.05) is 13.2 Å². The van der Waals surface area contributed by atoms with E-state index >= 15 is 0 Å². The average molecular weight is 264 g/mol. The summed E-state index contributed by atoms with van der Waals surface area (Å²) < 4.78 is 11.3. The molecule has 1 amide bonds. The van der Waals surface area contributed by atoms with Crippen LogP contribution in [0, 0.1) is 0 Å². The third-order valence-corrected chi connectivity index (χ3v) is 2.84. The SMILES string of the molecule is CC(N)CC(=O)NCc1cccc2c1OCCCO2. The van der Waals surface area contributed by atoms with Crippen LogP contribution < -0.4 is 20.5 Å². The molecule has 1 heterocycles. The van der Waals surface area contributed by atoms with Crippen molar-refractivity contribution in [3.8, 4) is 11.5 Å². The van der Waals surface area contributed by atoms with Crippen LogP contribution in [0.15, 0.2) is 18.2 Å². The molecule has 1 unspecified atom stereocenters. The number of fused-ring (bicyclic) bond motifs is 1. The van der Waals surface area contributed by atoms with Gasteiger partial charge >= 0.3 is 0 Å². The van der Waals surface area contributed by atoms with Crippen molar-refractivity contribution in [2.24, 2.45) is 5.73 Å². The van der Waals surface area contributed by atoms with Gasteiger partial charge < -0.3 is 20.5 Å². The number of nitrogens with one attached hydrogen (secondary N) is 1. The lowest BCUT2D eigenvalue weighted by molar-refractivity contribution is -0.121. The van der Waals surface area contributed by atoms with E-state index in [0.717, 1.165) is 23.5 Å². The third kappa shape index (κ3) is 3.86. The highest BCUT2D eigenvalue weighted by Crippen LogP contribution is 2.33. The molecule has 1 atom stereocenters. The fourth-order valence-electron chi connectivity index (χ4n) is 1.95. The van der Waals surface area contributed by atoms with Gasteiger partial charge in [0.05, 0.1) is 13.2 Å². The second kappa shape index (κ2) is 6.43. The molecule has 3 N–H and O–H groups in total. The zero-order valence-electron chi connectivity index (χ0n) is 11.1. The Kier molecular flexibility index (Phi) is 4.63. The van der Waals surface area contributed by atoms with Gasteiger partial charge in [-0.2, -0.15) is 0 Å². The Morgan fingerprint density at radius 2 is 2.21 bits per heavy atom. The van der Waals surface area contributed by atoms with Crippen LogP contribution in [0.4, 0.5) is 0 Å². The molecule has 0 saturated carbocycles. The van der Waals surface area contributed by atoms with Gasteiger partial charge in [0.2, 0.25) is 5.91 Å². The molecule has 0 spiro atoms. The molecule has 0 fully saturated rings. The maximum Gasteiger partial charge on any atom is 0.221 e. The summed E-state index contributed by atoms with van der Waals surface area (Å²) in [6, 6.07) is 5.58. The number of nitrogens with two attached hydrogens (primary N) is 1. The predicted molar refractivity (Wildman–Crippen MR) is 72.2 cm³/mol. The normalized spacial score (nSPS) is 15.5. The molecule has 1 aromatic rings. The first-order chi connectivity index (χ1) is 9.16. The maximum atomic E-state index is 11.6. The van der Waals surface area contributed by atoms with Crippen molar-refractivity contribution >= 4 is 5.91 Å². The molecule has 5 nitrogen and oxygen atoms in total. The van der Waals surface area contributed by atoms with Crippen LogP contribution in [0.3, 0.4) is 0 Å². The van der Waals surface area contributed by atoms with Gasteiger partial charge in [0, 0.05) is 31.0 Å². The zero-order chi connectivity index (χ0) is 13.7. The van der Waals surface area contributed by atoms with Gasteiger partial charge in [-0.25, -0.2) is 0 Å². The Labute approximate surface area is 113 Å². The number of carbonyl (C=O) groups is 1. The molecule has 1 aromatic carbocycles. The topological polar surface area (TPSA) is 73.6 Å². The number of ether oxygens (including phenoxy) is 2. The van der Waals surface area contributed by atoms with E-state index in [2.05, 4.69) is 5.32 Å². The maximum absolute atomic E-state index is 11.6. The molecule has 0 radical (unpaired) electrons. The predicted octanol–water partition coefficient (Wildman–Crippen LogP) is 1.20. The number of rotatable bonds is 4. The summed E-state index contributed by atoms with van der Waals surface area (Å²) in [6.07, 6.45) is 1.19. The first-order valence-electron chi connectivity index (χ1n) is 6.56. The van der Waals surface area contributed by atoms with Crippen molar-refractivity contribution in [3.05, 3.63) is 23.8 Å². The smallest absolute Gasteiger partial charge is 0.221 e. The molecule has 0 aliphatic carbocycles. The standard InChI is InChI=1S/C14H20N2O3/c1-10(15)8-13(17)16-9-11-4-2-5-12-14(11)19-7-3-6-18-12/h2,4-5,10H,3,6-9,15H2,1H3,(H,16,17). The van der Waals surface area contributed by atoms with Crippen molar-refractivity contribution in [3.63, 3.8) is 0 Å². The van der Waals surface area contributed by atoms with Gasteiger partial charge in [-0.1, -0.05) is 12.1 Å². The van der Waals surface area contributed by atoms with E-state index < -0.39 is 0 Å². The van der Waals surface area contributed by atoms with Crippen LogP contribution in [0.1, 0.15) is 25.3 Å². The lowest BCUT2D eigenvalue weighted by atomic mass is 10.1. The minimum Gasteiger partial charge on any atom is -0.490 e. The number of benzene rings is 1. The molecule has 104 valence electrons. The molecular weight excluding hydrogens is 244 g/mol. The minimum atomic E-state index is -0.132. The second-order valence-electron chi connectivity index (χ2n) is 4.75. The van der Waals surface area contributed by atoms with E-state index in [1.54, 1.807) is 0 Å². The Morgan fingerprint density at radius 1 is 1.42 bits per heavy atom. The highest BCUT2D eigenvalue weighted by atomic mass is 16.5. The average Bonchev–Trinajstić information content (AvgIpc) is 2.60. The molecule has 19 heavy (non-hydrogen) atoms. The molecule has 1 aliphatic heterocycles. The highest BCUT2D eigenvalue weighted by Gasteiger charge is 2.15. The van der Waals surface area contributed by atoms with Gasteiger partial charge in [-0.3, -0.25) is 4.79 Å². The van der Waals surface area contributed by atoms with Crippen LogP contribution in [-0.2, 0) is 11.3 Å². The lowest BCUT2D eigenvalue weighted by Gasteiger charge is -2.13. The molecule has 2 rings (SSSR count). The highest BCUT2D eigenvalue weighted by molar-refractivity contribution is 5.76. The Hall–Kier alpha value is -1.75. The summed E-state index contributed by atoms with van der Waals surface area (Å²) in [7, 11) is 0. The summed E-state index contributed by atoms with van der Waals surface area (Å²) in [4.78, 5) is 11.6. The van der Waals surface area contributed by atoms with Crippen molar-refractivity contribution in [1.82, 2.24) is 5.32 Å². The van der Waals surface area contributed by atoms with Crippen molar-refractivity contribution in [2.45, 2.75) is 32.4 Å². The van der Waals surface area contributed by atoms with Gasteiger partial charge in [0.25, 0.3) is 0 Å². The van der Waals surface area contributed by atoms with Crippen LogP contribution >= 0.6 is 0 Å². The summed E-state index contributed by atoms with van der Waals surface area (Å²) in [5.74, 6) is 1.43. The Morgan fingerprint density at radius 3 is 3.00 bits per heavy atom. The number of amides is 1. The first kappa shape index (κ1) is 13.7. The Bertz CT molecular complexity index is 446. The number of hydrogen-bond acceptors (Lipinski definition) is 4. The molecule has 0 aromatic heterocycles. The van der Waals surface area contributed by atoms with Crippen LogP contribution in [0.2, 0.25) is 0 Å².